The number of hydrogen-bond acceptors (Lipinski definition) is 1. The fraction of sp³-hybridized carbons (Fsp3) is 0.400. The fourth-order valence-electron chi connectivity index (χ4n) is 1.03. The van der Waals surface area contributed by atoms with Crippen LogP contribution >= 0.6 is 7.80 Å². The van der Waals surface area contributed by atoms with Crippen molar-refractivity contribution >= 4 is 13.1 Å². The normalized spacial score (nSPS) is 10.4. The Balaban J connectivity index is 0.00000144. The van der Waals surface area contributed by atoms with Crippen LogP contribution in [-0.4, -0.2) is 6.16 Å². The summed E-state index contributed by atoms with van der Waals surface area (Å²) in [7, 11) is -1.13. The standard InChI is InChI=1S/C10H14OP.HI/c1-2-3-9-12(11)10-7-5-4-6-8-10;/h4-8H,2-3,9H2,1H3;1H/q+1;/p-1. The highest BCUT2D eigenvalue weighted by Gasteiger charge is 2.16. The molecule has 13 heavy (non-hydrogen) atoms. The molecule has 0 saturated heterocycles. The molecule has 1 aromatic carbocycles. The highest BCUT2D eigenvalue weighted by Crippen LogP contribution is 2.20. The highest BCUT2D eigenvalue weighted by atomic mass is 127. The van der Waals surface area contributed by atoms with E-state index in [4.69, 9.17) is 0 Å². The third-order valence-electron chi connectivity index (χ3n) is 1.76. The maximum Gasteiger partial charge on any atom is 0.376 e. The Bertz CT molecular complexity index is 248. The molecule has 0 saturated carbocycles. The Morgan fingerprint density at radius 1 is 1.23 bits per heavy atom. The van der Waals surface area contributed by atoms with E-state index in [9.17, 15) is 4.57 Å². The van der Waals surface area contributed by atoms with Crippen LogP contribution < -0.4 is 29.3 Å². The van der Waals surface area contributed by atoms with Gasteiger partial charge >= 0.3 is 7.80 Å². The molecular weight excluding hydrogens is 294 g/mol. The van der Waals surface area contributed by atoms with Gasteiger partial charge in [0.05, 0.1) is 0 Å². The number of benzene rings is 1. The Morgan fingerprint density at radius 3 is 2.38 bits per heavy atom. The van der Waals surface area contributed by atoms with Crippen molar-refractivity contribution in [2.24, 2.45) is 0 Å². The van der Waals surface area contributed by atoms with E-state index < -0.39 is 7.80 Å². The van der Waals surface area contributed by atoms with Gasteiger partial charge in [-0.3, -0.25) is 0 Å². The molecule has 72 valence electrons. The molecule has 0 N–H and O–H groups in total. The van der Waals surface area contributed by atoms with Crippen LogP contribution in [0.25, 0.3) is 0 Å². The van der Waals surface area contributed by atoms with Crippen molar-refractivity contribution in [2.75, 3.05) is 6.16 Å². The van der Waals surface area contributed by atoms with Gasteiger partial charge in [0.25, 0.3) is 0 Å². The summed E-state index contributed by atoms with van der Waals surface area (Å²) in [6, 6.07) is 9.71. The number of halogens is 1. The van der Waals surface area contributed by atoms with Gasteiger partial charge in [-0.1, -0.05) is 36.1 Å². The van der Waals surface area contributed by atoms with Gasteiger partial charge in [0, 0.05) is 0 Å². The minimum Gasteiger partial charge on any atom is -1.00 e. The van der Waals surface area contributed by atoms with Crippen LogP contribution in [0, 0.1) is 0 Å². The van der Waals surface area contributed by atoms with Gasteiger partial charge in [-0.15, -0.1) is 0 Å². The molecular formula is C10H14IOP. The van der Waals surface area contributed by atoms with Crippen molar-refractivity contribution in [1.82, 2.24) is 0 Å². The van der Waals surface area contributed by atoms with Crippen molar-refractivity contribution < 1.29 is 28.5 Å². The fourth-order valence-corrected chi connectivity index (χ4v) is 2.39. The van der Waals surface area contributed by atoms with Crippen molar-refractivity contribution in [3.8, 4) is 0 Å². The third kappa shape index (κ3) is 4.72. The van der Waals surface area contributed by atoms with Crippen LogP contribution in [-0.2, 0) is 4.57 Å². The molecule has 1 nitrogen and oxygen atoms in total. The number of unbranched alkanes of at least 4 members (excludes halogenated alkanes) is 1. The summed E-state index contributed by atoms with van der Waals surface area (Å²) in [5.74, 6) is 0. The smallest absolute Gasteiger partial charge is 0.376 e. The van der Waals surface area contributed by atoms with Gasteiger partial charge in [-0.05, 0) is 18.6 Å². The highest BCUT2D eigenvalue weighted by molar-refractivity contribution is 7.53. The second kappa shape index (κ2) is 7.45. The minimum atomic E-state index is -1.13. The van der Waals surface area contributed by atoms with Crippen molar-refractivity contribution in [2.45, 2.75) is 19.8 Å². The predicted molar refractivity (Wildman–Crippen MR) is 53.5 cm³/mol. The summed E-state index contributed by atoms with van der Waals surface area (Å²) >= 11 is 0. The van der Waals surface area contributed by atoms with E-state index in [0.29, 0.717) is 0 Å². The van der Waals surface area contributed by atoms with E-state index in [1.54, 1.807) is 0 Å². The van der Waals surface area contributed by atoms with Gasteiger partial charge in [-0.25, -0.2) is 0 Å². The first-order chi connectivity index (χ1) is 5.84. The van der Waals surface area contributed by atoms with E-state index in [1.807, 2.05) is 30.3 Å². The quantitative estimate of drug-likeness (QED) is 0.563. The minimum absolute atomic E-state index is 0. The summed E-state index contributed by atoms with van der Waals surface area (Å²) in [4.78, 5) is 0. The van der Waals surface area contributed by atoms with E-state index in [0.717, 1.165) is 24.3 Å². The lowest BCUT2D eigenvalue weighted by Crippen LogP contribution is -3.00. The molecule has 0 aliphatic rings. The first-order valence-electron chi connectivity index (χ1n) is 4.34. The average molecular weight is 308 g/mol. The molecule has 0 aliphatic heterocycles. The lowest BCUT2D eigenvalue weighted by Gasteiger charge is -1.86. The first-order valence-corrected chi connectivity index (χ1v) is 5.79. The van der Waals surface area contributed by atoms with E-state index in [1.165, 1.54) is 0 Å². The second-order valence-corrected chi connectivity index (χ2v) is 4.51. The van der Waals surface area contributed by atoms with Crippen molar-refractivity contribution in [3.05, 3.63) is 30.3 Å². The summed E-state index contributed by atoms with van der Waals surface area (Å²) < 4.78 is 11.6. The lowest BCUT2D eigenvalue weighted by molar-refractivity contribution is -0.00000368. The van der Waals surface area contributed by atoms with Gasteiger partial charge in [0.2, 0.25) is 0 Å². The lowest BCUT2D eigenvalue weighted by atomic mass is 10.4. The predicted octanol–water partition coefficient (Wildman–Crippen LogP) is -0.0566. The maximum atomic E-state index is 11.6. The van der Waals surface area contributed by atoms with Crippen LogP contribution in [0.1, 0.15) is 19.8 Å². The van der Waals surface area contributed by atoms with E-state index >= 15 is 0 Å². The summed E-state index contributed by atoms with van der Waals surface area (Å²) in [5, 5.41) is 0.987. The molecule has 0 heterocycles. The van der Waals surface area contributed by atoms with Crippen molar-refractivity contribution in [1.29, 1.82) is 0 Å². The van der Waals surface area contributed by atoms with Crippen LogP contribution in [0.2, 0.25) is 0 Å². The molecule has 1 unspecified atom stereocenters. The van der Waals surface area contributed by atoms with Crippen LogP contribution in [0.3, 0.4) is 0 Å². The largest absolute Gasteiger partial charge is 1.00 e. The molecule has 1 rings (SSSR count). The first kappa shape index (κ1) is 13.1. The zero-order valence-corrected chi connectivity index (χ0v) is 10.8. The Labute approximate surface area is 97.7 Å². The molecule has 1 atom stereocenters. The van der Waals surface area contributed by atoms with Gasteiger partial charge < -0.3 is 24.0 Å². The van der Waals surface area contributed by atoms with Crippen LogP contribution in [0.5, 0.6) is 0 Å². The second-order valence-electron chi connectivity index (χ2n) is 2.79. The maximum absolute atomic E-state index is 11.6. The molecule has 0 bridgehead atoms. The summed E-state index contributed by atoms with van der Waals surface area (Å²) in [5.41, 5.74) is 0. The molecule has 3 heteroatoms. The SMILES string of the molecule is CCCC[P+](=O)c1ccccc1.[I-]. The topological polar surface area (TPSA) is 17.1 Å². The average Bonchev–Trinajstić information content (AvgIpc) is 2.15. The third-order valence-corrected chi connectivity index (χ3v) is 3.36. The van der Waals surface area contributed by atoms with E-state index in [-0.39, 0.29) is 24.0 Å². The Kier molecular flexibility index (Phi) is 7.48. The van der Waals surface area contributed by atoms with Crippen molar-refractivity contribution in [3.63, 3.8) is 0 Å². The van der Waals surface area contributed by atoms with Gasteiger partial charge in [0.1, 0.15) is 0 Å². The molecule has 0 aromatic heterocycles. The molecule has 0 radical (unpaired) electrons. The zero-order chi connectivity index (χ0) is 8.81. The molecule has 0 aliphatic carbocycles. The van der Waals surface area contributed by atoms with E-state index in [2.05, 4.69) is 6.92 Å². The molecule has 0 amide bonds. The van der Waals surface area contributed by atoms with Gasteiger partial charge in [0.15, 0.2) is 11.5 Å². The molecule has 0 spiro atoms. The number of rotatable bonds is 4. The Morgan fingerprint density at radius 2 is 1.85 bits per heavy atom. The summed E-state index contributed by atoms with van der Waals surface area (Å²) in [6.07, 6.45) is 3.01. The molecule has 0 fully saturated rings. The molecule has 1 aromatic rings. The Hall–Kier alpha value is 0.0500. The summed E-state index contributed by atoms with van der Waals surface area (Å²) in [6.45, 7) is 2.12. The van der Waals surface area contributed by atoms with Gasteiger partial charge in [-0.2, -0.15) is 0 Å². The zero-order valence-electron chi connectivity index (χ0n) is 7.74. The number of hydrogen-bond donors (Lipinski definition) is 0. The van der Waals surface area contributed by atoms with Crippen LogP contribution in [0.15, 0.2) is 30.3 Å². The monoisotopic (exact) mass is 308 g/mol. The van der Waals surface area contributed by atoms with Crippen LogP contribution in [0.4, 0.5) is 0 Å².